The first-order valence-corrected chi connectivity index (χ1v) is 9.03. The average molecular weight is 339 g/mol. The fraction of sp³-hybridized carbons (Fsp3) is 0.579. The number of hydrogen-bond acceptors (Lipinski definition) is 4. The van der Waals surface area contributed by atoms with Crippen molar-refractivity contribution in [1.82, 2.24) is 19.9 Å². The highest BCUT2D eigenvalue weighted by atomic mass is 16.1. The molecule has 0 aliphatic heterocycles. The molecule has 6 heteroatoms. The summed E-state index contributed by atoms with van der Waals surface area (Å²) in [6, 6.07) is 2.44. The van der Waals surface area contributed by atoms with Crippen LogP contribution in [0.25, 0.3) is 5.65 Å². The van der Waals surface area contributed by atoms with Crippen LogP contribution in [0.3, 0.4) is 0 Å². The summed E-state index contributed by atoms with van der Waals surface area (Å²) in [4.78, 5) is 16.8. The van der Waals surface area contributed by atoms with Gasteiger partial charge in [0.15, 0.2) is 5.65 Å². The number of hydrogen-bond donors (Lipinski definition) is 1. The van der Waals surface area contributed by atoms with Gasteiger partial charge in [-0.25, -0.2) is 9.50 Å². The Labute approximate surface area is 148 Å². The molecule has 0 aromatic carbocycles. The van der Waals surface area contributed by atoms with Crippen molar-refractivity contribution >= 4 is 11.6 Å². The Bertz CT molecular complexity index is 824. The number of nitriles is 1. The van der Waals surface area contributed by atoms with Gasteiger partial charge >= 0.3 is 0 Å². The van der Waals surface area contributed by atoms with E-state index in [4.69, 9.17) is 5.26 Å². The summed E-state index contributed by atoms with van der Waals surface area (Å²) in [6.45, 7) is 6.17. The maximum Gasteiger partial charge on any atom is 0.220 e. The maximum atomic E-state index is 12.3. The highest BCUT2D eigenvalue weighted by Crippen LogP contribution is 2.23. The highest BCUT2D eigenvalue weighted by Gasteiger charge is 2.20. The van der Waals surface area contributed by atoms with Gasteiger partial charge in [0, 0.05) is 23.9 Å². The van der Waals surface area contributed by atoms with Gasteiger partial charge < -0.3 is 5.32 Å². The Balaban J connectivity index is 1.67. The molecule has 1 amide bonds. The fourth-order valence-corrected chi connectivity index (χ4v) is 3.69. The Morgan fingerprint density at radius 1 is 1.36 bits per heavy atom. The topological polar surface area (TPSA) is 83.1 Å². The van der Waals surface area contributed by atoms with Gasteiger partial charge in [-0.1, -0.05) is 6.92 Å². The van der Waals surface area contributed by atoms with Crippen LogP contribution in [-0.4, -0.2) is 26.5 Å². The third-order valence-electron chi connectivity index (χ3n) is 5.31. The summed E-state index contributed by atoms with van der Waals surface area (Å²) >= 11 is 0. The van der Waals surface area contributed by atoms with Gasteiger partial charge in [-0.15, -0.1) is 0 Å². The molecule has 2 aromatic rings. The summed E-state index contributed by atoms with van der Waals surface area (Å²) in [5.74, 6) is 0.889. The van der Waals surface area contributed by atoms with E-state index in [1.165, 1.54) is 19.0 Å². The number of nitrogens with one attached hydrogen (secondary N) is 1. The van der Waals surface area contributed by atoms with Crippen molar-refractivity contribution in [2.24, 2.45) is 5.92 Å². The summed E-state index contributed by atoms with van der Waals surface area (Å²) in [6.07, 6.45) is 7.19. The predicted molar refractivity (Wildman–Crippen MR) is 95.1 cm³/mol. The van der Waals surface area contributed by atoms with Crippen molar-refractivity contribution in [3.8, 4) is 6.07 Å². The molecule has 1 N–H and O–H groups in total. The second-order valence-electron chi connectivity index (χ2n) is 7.19. The number of aryl methyl sites for hydroxylation is 2. The molecule has 2 aromatic heterocycles. The monoisotopic (exact) mass is 339 g/mol. The molecule has 1 aliphatic carbocycles. The van der Waals surface area contributed by atoms with E-state index in [0.29, 0.717) is 30.1 Å². The quantitative estimate of drug-likeness (QED) is 0.928. The molecule has 1 aliphatic rings. The van der Waals surface area contributed by atoms with Crippen molar-refractivity contribution < 1.29 is 4.79 Å². The number of fused-ring (bicyclic) bond motifs is 1. The fourth-order valence-electron chi connectivity index (χ4n) is 3.69. The standard InChI is InChI=1S/C19H25N5O/c1-12-4-6-16(7-5-12)23-18(25)9-8-17-13(2)22-19-15(10-20)11-21-24(19)14(17)3/h11-12,16H,4-9H2,1-3H3,(H,23,25). The van der Waals surface area contributed by atoms with Crippen LogP contribution in [0.2, 0.25) is 0 Å². The minimum Gasteiger partial charge on any atom is -0.353 e. The van der Waals surface area contributed by atoms with Gasteiger partial charge in [-0.05, 0) is 57.4 Å². The number of rotatable bonds is 4. The van der Waals surface area contributed by atoms with E-state index in [-0.39, 0.29) is 5.91 Å². The molecule has 0 spiro atoms. The molecule has 0 saturated heterocycles. The van der Waals surface area contributed by atoms with Gasteiger partial charge in [0.05, 0.1) is 6.20 Å². The van der Waals surface area contributed by atoms with E-state index >= 15 is 0 Å². The molecule has 0 unspecified atom stereocenters. The summed E-state index contributed by atoms with van der Waals surface area (Å²) < 4.78 is 1.70. The van der Waals surface area contributed by atoms with E-state index in [9.17, 15) is 4.79 Å². The van der Waals surface area contributed by atoms with Crippen LogP contribution >= 0.6 is 0 Å². The minimum absolute atomic E-state index is 0.108. The normalized spacial score (nSPS) is 20.4. The SMILES string of the molecule is Cc1nc2c(C#N)cnn2c(C)c1CCC(=O)NC1CCC(C)CC1. The van der Waals surface area contributed by atoms with Crippen molar-refractivity contribution in [3.63, 3.8) is 0 Å². The van der Waals surface area contributed by atoms with Gasteiger partial charge in [0.25, 0.3) is 0 Å². The zero-order valence-corrected chi connectivity index (χ0v) is 15.2. The number of amides is 1. The second kappa shape index (κ2) is 7.22. The van der Waals surface area contributed by atoms with E-state index in [1.807, 2.05) is 13.8 Å². The van der Waals surface area contributed by atoms with Crippen molar-refractivity contribution in [2.45, 2.75) is 65.3 Å². The first-order valence-electron chi connectivity index (χ1n) is 9.03. The van der Waals surface area contributed by atoms with Crippen LogP contribution < -0.4 is 5.32 Å². The third-order valence-corrected chi connectivity index (χ3v) is 5.31. The summed E-state index contributed by atoms with van der Waals surface area (Å²) in [5.41, 5.74) is 3.90. The molecule has 132 valence electrons. The lowest BCUT2D eigenvalue weighted by Gasteiger charge is -2.27. The van der Waals surface area contributed by atoms with Crippen LogP contribution in [0.4, 0.5) is 0 Å². The Hall–Kier alpha value is -2.42. The molecule has 25 heavy (non-hydrogen) atoms. The molecular weight excluding hydrogens is 314 g/mol. The largest absolute Gasteiger partial charge is 0.353 e. The van der Waals surface area contributed by atoms with Crippen LogP contribution in [-0.2, 0) is 11.2 Å². The van der Waals surface area contributed by atoms with Gasteiger partial charge in [0.1, 0.15) is 11.6 Å². The Morgan fingerprint density at radius 3 is 2.76 bits per heavy atom. The van der Waals surface area contributed by atoms with Gasteiger partial charge in [-0.2, -0.15) is 10.4 Å². The zero-order valence-electron chi connectivity index (χ0n) is 15.2. The first-order chi connectivity index (χ1) is 12.0. The molecule has 6 nitrogen and oxygen atoms in total. The molecule has 1 saturated carbocycles. The van der Waals surface area contributed by atoms with Crippen molar-refractivity contribution in [1.29, 1.82) is 5.26 Å². The first kappa shape index (κ1) is 17.4. The molecule has 1 fully saturated rings. The van der Waals surface area contributed by atoms with Gasteiger partial charge in [-0.3, -0.25) is 4.79 Å². The molecule has 0 atom stereocenters. The smallest absolute Gasteiger partial charge is 0.220 e. The Morgan fingerprint density at radius 2 is 2.08 bits per heavy atom. The van der Waals surface area contributed by atoms with Crippen LogP contribution in [0, 0.1) is 31.1 Å². The van der Waals surface area contributed by atoms with E-state index < -0.39 is 0 Å². The number of carbonyl (C=O) groups is 1. The molecule has 0 bridgehead atoms. The summed E-state index contributed by atoms with van der Waals surface area (Å²) in [5, 5.41) is 16.6. The highest BCUT2D eigenvalue weighted by molar-refractivity contribution is 5.76. The molecule has 3 rings (SSSR count). The lowest BCUT2D eigenvalue weighted by Crippen LogP contribution is -2.37. The third kappa shape index (κ3) is 3.65. The van der Waals surface area contributed by atoms with Gasteiger partial charge in [0.2, 0.25) is 5.91 Å². The van der Waals surface area contributed by atoms with Crippen molar-refractivity contribution in [3.05, 3.63) is 28.7 Å². The van der Waals surface area contributed by atoms with Crippen molar-refractivity contribution in [2.75, 3.05) is 0 Å². The molecule has 0 radical (unpaired) electrons. The van der Waals surface area contributed by atoms with Crippen LogP contribution in [0.1, 0.15) is 61.5 Å². The summed E-state index contributed by atoms with van der Waals surface area (Å²) in [7, 11) is 0. The van der Waals surface area contributed by atoms with E-state index in [0.717, 1.165) is 35.7 Å². The van der Waals surface area contributed by atoms with Crippen LogP contribution in [0.5, 0.6) is 0 Å². The minimum atomic E-state index is 0.108. The average Bonchev–Trinajstić information content (AvgIpc) is 2.99. The molecule has 2 heterocycles. The number of carbonyl (C=O) groups excluding carboxylic acids is 1. The lowest BCUT2D eigenvalue weighted by atomic mass is 9.87. The van der Waals surface area contributed by atoms with E-state index in [1.54, 1.807) is 4.52 Å². The van der Waals surface area contributed by atoms with Crippen LogP contribution in [0.15, 0.2) is 6.20 Å². The maximum absolute atomic E-state index is 12.3. The molecular formula is C19H25N5O. The number of aromatic nitrogens is 3. The predicted octanol–water partition coefficient (Wildman–Crippen LogP) is 2.85. The van der Waals surface area contributed by atoms with E-state index in [2.05, 4.69) is 28.4 Å². The zero-order chi connectivity index (χ0) is 18.0. The number of nitrogens with zero attached hydrogens (tertiary/aromatic N) is 4. The lowest BCUT2D eigenvalue weighted by molar-refractivity contribution is -0.122. The Kier molecular flexibility index (Phi) is 5.03. The second-order valence-corrected chi connectivity index (χ2v) is 7.19.